The third kappa shape index (κ3) is 3.40. The average Bonchev–Trinajstić information content (AvgIpc) is 2.23. The van der Waals surface area contributed by atoms with E-state index in [2.05, 4.69) is 4.90 Å². The lowest BCUT2D eigenvalue weighted by atomic mass is 9.88. The zero-order valence-corrected chi connectivity index (χ0v) is 9.35. The van der Waals surface area contributed by atoms with Crippen LogP contribution in [0.3, 0.4) is 0 Å². The standard InChI is InChI=1S/C12H21F2N/c13-12(14)6-8-15(9-7-12)10-11-4-2-1-3-5-11/h11H,1-10H2. The second-order valence-electron chi connectivity index (χ2n) is 5.16. The minimum absolute atomic E-state index is 0.0692. The molecule has 0 N–H and O–H groups in total. The summed E-state index contributed by atoms with van der Waals surface area (Å²) in [6.45, 7) is 2.27. The largest absolute Gasteiger partial charge is 0.303 e. The molecule has 1 heterocycles. The maximum absolute atomic E-state index is 12.9. The van der Waals surface area contributed by atoms with Crippen LogP contribution in [0.15, 0.2) is 0 Å². The van der Waals surface area contributed by atoms with Gasteiger partial charge in [0.25, 0.3) is 5.92 Å². The monoisotopic (exact) mass is 217 g/mol. The van der Waals surface area contributed by atoms with Crippen LogP contribution in [-0.2, 0) is 0 Å². The molecule has 2 fully saturated rings. The number of nitrogens with zero attached hydrogens (tertiary/aromatic N) is 1. The molecule has 3 heteroatoms. The van der Waals surface area contributed by atoms with E-state index >= 15 is 0 Å². The highest BCUT2D eigenvalue weighted by atomic mass is 19.3. The van der Waals surface area contributed by atoms with Crippen molar-refractivity contribution in [2.75, 3.05) is 19.6 Å². The van der Waals surface area contributed by atoms with Gasteiger partial charge in [0.05, 0.1) is 0 Å². The van der Waals surface area contributed by atoms with Crippen molar-refractivity contribution in [3.8, 4) is 0 Å². The van der Waals surface area contributed by atoms with E-state index in [4.69, 9.17) is 0 Å². The Balaban J connectivity index is 1.71. The molecule has 1 saturated carbocycles. The molecule has 1 aliphatic carbocycles. The molecule has 1 saturated heterocycles. The Morgan fingerprint density at radius 1 is 1.00 bits per heavy atom. The molecule has 0 spiro atoms. The van der Waals surface area contributed by atoms with Crippen molar-refractivity contribution in [1.82, 2.24) is 4.90 Å². The SMILES string of the molecule is FC1(F)CCN(CC2CCCCC2)CC1. The van der Waals surface area contributed by atoms with E-state index in [0.29, 0.717) is 13.1 Å². The summed E-state index contributed by atoms with van der Waals surface area (Å²) in [5.41, 5.74) is 0. The number of halogens is 2. The molecule has 0 unspecified atom stereocenters. The van der Waals surface area contributed by atoms with Crippen LogP contribution in [0.4, 0.5) is 8.78 Å². The zero-order valence-electron chi connectivity index (χ0n) is 9.35. The number of hydrogen-bond donors (Lipinski definition) is 0. The normalized spacial score (nSPS) is 29.2. The first-order valence-corrected chi connectivity index (χ1v) is 6.26. The first-order valence-electron chi connectivity index (χ1n) is 6.26. The Hall–Kier alpha value is -0.180. The van der Waals surface area contributed by atoms with Crippen molar-refractivity contribution in [2.24, 2.45) is 5.92 Å². The van der Waals surface area contributed by atoms with Crippen molar-refractivity contribution in [3.63, 3.8) is 0 Å². The van der Waals surface area contributed by atoms with Gasteiger partial charge in [0, 0.05) is 32.5 Å². The van der Waals surface area contributed by atoms with Gasteiger partial charge in [-0.05, 0) is 18.8 Å². The second kappa shape index (κ2) is 4.77. The van der Waals surface area contributed by atoms with Gasteiger partial charge >= 0.3 is 0 Å². The predicted molar refractivity (Wildman–Crippen MR) is 57.2 cm³/mol. The first-order chi connectivity index (χ1) is 7.16. The fourth-order valence-corrected chi connectivity index (χ4v) is 2.80. The molecule has 1 aliphatic heterocycles. The first kappa shape index (κ1) is 11.3. The van der Waals surface area contributed by atoms with E-state index in [1.807, 2.05) is 0 Å². The summed E-state index contributed by atoms with van der Waals surface area (Å²) in [6, 6.07) is 0. The Kier molecular flexibility index (Phi) is 3.60. The molecule has 0 aromatic rings. The summed E-state index contributed by atoms with van der Waals surface area (Å²) in [6.07, 6.45) is 6.82. The minimum atomic E-state index is -2.39. The van der Waals surface area contributed by atoms with Gasteiger partial charge in [-0.25, -0.2) is 8.78 Å². The number of likely N-dealkylation sites (tertiary alicyclic amines) is 1. The molecule has 15 heavy (non-hydrogen) atoms. The smallest absolute Gasteiger partial charge is 0.250 e. The van der Waals surface area contributed by atoms with Gasteiger partial charge in [-0.2, -0.15) is 0 Å². The third-order valence-corrected chi connectivity index (χ3v) is 3.83. The molecule has 0 aromatic heterocycles. The number of rotatable bonds is 2. The third-order valence-electron chi connectivity index (χ3n) is 3.83. The lowest BCUT2D eigenvalue weighted by Crippen LogP contribution is -2.41. The van der Waals surface area contributed by atoms with Crippen LogP contribution in [0, 0.1) is 5.92 Å². The molecule has 88 valence electrons. The van der Waals surface area contributed by atoms with Gasteiger partial charge in [0.2, 0.25) is 0 Å². The van der Waals surface area contributed by atoms with E-state index < -0.39 is 5.92 Å². The highest BCUT2D eigenvalue weighted by Gasteiger charge is 2.34. The Morgan fingerprint density at radius 3 is 2.20 bits per heavy atom. The van der Waals surface area contributed by atoms with Gasteiger partial charge < -0.3 is 4.90 Å². The Morgan fingerprint density at radius 2 is 1.60 bits per heavy atom. The molecule has 1 nitrogen and oxygen atoms in total. The van der Waals surface area contributed by atoms with Gasteiger partial charge in [-0.3, -0.25) is 0 Å². The molecule has 0 bridgehead atoms. The van der Waals surface area contributed by atoms with Crippen molar-refractivity contribution in [1.29, 1.82) is 0 Å². The fourth-order valence-electron chi connectivity index (χ4n) is 2.80. The van der Waals surface area contributed by atoms with E-state index in [0.717, 1.165) is 12.5 Å². The highest BCUT2D eigenvalue weighted by Crippen LogP contribution is 2.30. The molecular weight excluding hydrogens is 196 g/mol. The topological polar surface area (TPSA) is 3.24 Å². The maximum atomic E-state index is 12.9. The molecule has 2 aliphatic rings. The lowest BCUT2D eigenvalue weighted by Gasteiger charge is -2.35. The van der Waals surface area contributed by atoms with Crippen molar-refractivity contribution < 1.29 is 8.78 Å². The van der Waals surface area contributed by atoms with E-state index in [1.54, 1.807) is 0 Å². The number of alkyl halides is 2. The molecule has 0 amide bonds. The summed E-state index contributed by atoms with van der Waals surface area (Å²) in [5.74, 6) is -1.60. The molecule has 2 rings (SSSR count). The molecule has 0 atom stereocenters. The van der Waals surface area contributed by atoms with E-state index in [1.165, 1.54) is 32.1 Å². The van der Waals surface area contributed by atoms with Crippen LogP contribution < -0.4 is 0 Å². The van der Waals surface area contributed by atoms with Crippen LogP contribution >= 0.6 is 0 Å². The van der Waals surface area contributed by atoms with Crippen LogP contribution in [0.5, 0.6) is 0 Å². The highest BCUT2D eigenvalue weighted by molar-refractivity contribution is 4.79. The van der Waals surface area contributed by atoms with E-state index in [9.17, 15) is 8.78 Å². The predicted octanol–water partition coefficient (Wildman–Crippen LogP) is 3.30. The van der Waals surface area contributed by atoms with Crippen molar-refractivity contribution >= 4 is 0 Å². The van der Waals surface area contributed by atoms with Gasteiger partial charge in [0.1, 0.15) is 0 Å². The van der Waals surface area contributed by atoms with Crippen LogP contribution in [0.1, 0.15) is 44.9 Å². The summed E-state index contributed by atoms with van der Waals surface area (Å²) < 4.78 is 25.9. The summed E-state index contributed by atoms with van der Waals surface area (Å²) >= 11 is 0. The number of hydrogen-bond acceptors (Lipinski definition) is 1. The van der Waals surface area contributed by atoms with Crippen LogP contribution in [0.2, 0.25) is 0 Å². The summed E-state index contributed by atoms with van der Waals surface area (Å²) in [7, 11) is 0. The second-order valence-corrected chi connectivity index (χ2v) is 5.16. The number of piperidine rings is 1. The van der Waals surface area contributed by atoms with Gasteiger partial charge in [-0.1, -0.05) is 19.3 Å². The lowest BCUT2D eigenvalue weighted by molar-refractivity contribution is -0.0580. The van der Waals surface area contributed by atoms with Crippen molar-refractivity contribution in [3.05, 3.63) is 0 Å². The molecular formula is C12H21F2N. The molecule has 0 aromatic carbocycles. The van der Waals surface area contributed by atoms with Crippen molar-refractivity contribution in [2.45, 2.75) is 50.9 Å². The fraction of sp³-hybridized carbons (Fsp3) is 1.00. The summed E-state index contributed by atoms with van der Waals surface area (Å²) in [4.78, 5) is 2.24. The zero-order chi connectivity index (χ0) is 10.7. The Bertz CT molecular complexity index is 190. The molecule has 0 radical (unpaired) electrons. The maximum Gasteiger partial charge on any atom is 0.250 e. The van der Waals surface area contributed by atoms with Gasteiger partial charge in [-0.15, -0.1) is 0 Å². The van der Waals surface area contributed by atoms with Crippen LogP contribution in [-0.4, -0.2) is 30.5 Å². The van der Waals surface area contributed by atoms with E-state index in [-0.39, 0.29) is 12.8 Å². The quantitative estimate of drug-likeness (QED) is 0.686. The Labute approximate surface area is 90.8 Å². The minimum Gasteiger partial charge on any atom is -0.303 e. The average molecular weight is 217 g/mol. The van der Waals surface area contributed by atoms with Gasteiger partial charge in [0.15, 0.2) is 0 Å². The van der Waals surface area contributed by atoms with Crippen LogP contribution in [0.25, 0.3) is 0 Å². The summed E-state index contributed by atoms with van der Waals surface area (Å²) in [5, 5.41) is 0.